The second kappa shape index (κ2) is 11.5. The zero-order valence-electron chi connectivity index (χ0n) is 19.1. The van der Waals surface area contributed by atoms with Crippen molar-refractivity contribution >= 4 is 27.5 Å². The third kappa shape index (κ3) is 7.50. The van der Waals surface area contributed by atoms with Crippen LogP contribution in [0.3, 0.4) is 0 Å². The number of amides is 2. The van der Waals surface area contributed by atoms with Gasteiger partial charge in [-0.25, -0.2) is 8.42 Å². The molecule has 8 nitrogen and oxygen atoms in total. The largest absolute Gasteiger partial charge is 0.354 e. The normalized spacial score (nSPS) is 17.2. The monoisotopic (exact) mass is 452 g/mol. The smallest absolute Gasteiger partial charge is 0.253 e. The van der Waals surface area contributed by atoms with Crippen LogP contribution in [0.4, 0.5) is 5.69 Å². The summed E-state index contributed by atoms with van der Waals surface area (Å²) in [5.41, 5.74) is 0.807. The number of rotatable bonds is 10. The van der Waals surface area contributed by atoms with Crippen LogP contribution in [0.25, 0.3) is 0 Å². The van der Waals surface area contributed by atoms with E-state index in [0.717, 1.165) is 36.5 Å². The molecule has 1 aromatic rings. The predicted octanol–water partition coefficient (Wildman–Crippen LogP) is 1.93. The first-order chi connectivity index (χ1) is 14.6. The minimum absolute atomic E-state index is 0.172. The average Bonchev–Trinajstić information content (AvgIpc) is 2.74. The number of carbonyl (C=O) groups is 2. The Kier molecular flexibility index (Phi) is 9.31. The van der Waals surface area contributed by atoms with E-state index in [4.69, 9.17) is 0 Å². The first-order valence-electron chi connectivity index (χ1n) is 10.9. The van der Waals surface area contributed by atoms with Gasteiger partial charge in [0.15, 0.2) is 0 Å². The van der Waals surface area contributed by atoms with Crippen molar-refractivity contribution < 1.29 is 18.0 Å². The van der Waals surface area contributed by atoms with Crippen molar-refractivity contribution in [1.29, 1.82) is 0 Å². The Labute approximate surface area is 186 Å². The van der Waals surface area contributed by atoms with Gasteiger partial charge in [0, 0.05) is 38.8 Å². The van der Waals surface area contributed by atoms with Gasteiger partial charge in [-0.05, 0) is 56.5 Å². The topological polar surface area (TPSA) is 90.0 Å². The Hall–Kier alpha value is -2.13. The summed E-state index contributed by atoms with van der Waals surface area (Å²) < 4.78 is 25.6. The van der Waals surface area contributed by atoms with Crippen molar-refractivity contribution in [1.82, 2.24) is 15.1 Å². The molecular weight excluding hydrogens is 416 g/mol. The van der Waals surface area contributed by atoms with Crippen molar-refractivity contribution in [2.24, 2.45) is 0 Å². The van der Waals surface area contributed by atoms with Gasteiger partial charge >= 0.3 is 0 Å². The average molecular weight is 453 g/mol. The maximum absolute atomic E-state index is 12.4. The fourth-order valence-corrected chi connectivity index (χ4v) is 4.80. The third-order valence-corrected chi connectivity index (χ3v) is 6.80. The molecule has 9 heteroatoms. The van der Waals surface area contributed by atoms with Crippen molar-refractivity contribution in [3.8, 4) is 0 Å². The number of hydrogen-bond donors (Lipinski definition) is 1. The molecule has 1 saturated heterocycles. The van der Waals surface area contributed by atoms with Crippen molar-refractivity contribution in [3.63, 3.8) is 0 Å². The molecule has 31 heavy (non-hydrogen) atoms. The fraction of sp³-hybridized carbons (Fsp3) is 0.636. The van der Waals surface area contributed by atoms with E-state index < -0.39 is 10.0 Å². The molecule has 1 unspecified atom stereocenters. The molecule has 0 aromatic heterocycles. The summed E-state index contributed by atoms with van der Waals surface area (Å²) in [7, 11) is -0.352. The highest BCUT2D eigenvalue weighted by atomic mass is 32.2. The van der Waals surface area contributed by atoms with Gasteiger partial charge in [0.25, 0.3) is 5.91 Å². The number of nitrogens with zero attached hydrogens (tertiary/aromatic N) is 3. The zero-order valence-corrected chi connectivity index (χ0v) is 20.0. The second-order valence-electron chi connectivity index (χ2n) is 8.31. The maximum atomic E-state index is 12.4. The number of sulfonamides is 1. The Bertz CT molecular complexity index is 840. The lowest BCUT2D eigenvalue weighted by atomic mass is 10.00. The lowest BCUT2D eigenvalue weighted by Gasteiger charge is -2.35. The Morgan fingerprint density at radius 1 is 1.16 bits per heavy atom. The maximum Gasteiger partial charge on any atom is 0.253 e. The molecule has 1 atom stereocenters. The Morgan fingerprint density at radius 2 is 1.84 bits per heavy atom. The summed E-state index contributed by atoms with van der Waals surface area (Å²) in [6.45, 7) is 4.49. The number of piperidine rings is 1. The lowest BCUT2D eigenvalue weighted by Crippen LogP contribution is -2.42. The van der Waals surface area contributed by atoms with Gasteiger partial charge in [-0.2, -0.15) is 0 Å². The van der Waals surface area contributed by atoms with E-state index in [1.807, 2.05) is 0 Å². The molecule has 0 aliphatic carbocycles. The first-order valence-corrected chi connectivity index (χ1v) is 12.8. The molecule has 1 aliphatic heterocycles. The molecule has 1 heterocycles. The highest BCUT2D eigenvalue weighted by Crippen LogP contribution is 2.20. The second-order valence-corrected chi connectivity index (χ2v) is 10.2. The molecule has 2 amide bonds. The highest BCUT2D eigenvalue weighted by molar-refractivity contribution is 7.92. The molecular formula is C22H36N4O4S. The van der Waals surface area contributed by atoms with Crippen LogP contribution in [-0.2, 0) is 14.8 Å². The van der Waals surface area contributed by atoms with Crippen LogP contribution in [-0.4, -0.2) is 82.6 Å². The minimum Gasteiger partial charge on any atom is -0.354 e. The summed E-state index contributed by atoms with van der Waals surface area (Å²) in [5, 5.41) is 2.84. The Morgan fingerprint density at radius 3 is 2.42 bits per heavy atom. The van der Waals surface area contributed by atoms with Crippen molar-refractivity contribution in [2.45, 2.75) is 45.1 Å². The van der Waals surface area contributed by atoms with Gasteiger partial charge < -0.3 is 15.1 Å². The van der Waals surface area contributed by atoms with Gasteiger partial charge in [-0.3, -0.25) is 13.9 Å². The van der Waals surface area contributed by atoms with E-state index in [1.165, 1.54) is 24.2 Å². The van der Waals surface area contributed by atoms with Gasteiger partial charge in [0.05, 0.1) is 11.9 Å². The van der Waals surface area contributed by atoms with E-state index in [2.05, 4.69) is 17.1 Å². The molecule has 1 N–H and O–H groups in total. The third-order valence-electron chi connectivity index (χ3n) is 5.66. The summed E-state index contributed by atoms with van der Waals surface area (Å²) in [5.74, 6) is -0.515. The van der Waals surface area contributed by atoms with E-state index in [1.54, 1.807) is 38.4 Å². The zero-order chi connectivity index (χ0) is 23.0. The van der Waals surface area contributed by atoms with Gasteiger partial charge in [0.2, 0.25) is 15.9 Å². The SMILES string of the molecule is CCC1CCCCN1CCCNC(=O)CN(c1ccc(C(=O)N(C)C)cc1)S(C)(=O)=O. The molecule has 0 spiro atoms. The van der Waals surface area contributed by atoms with Crippen LogP contribution in [0.2, 0.25) is 0 Å². The van der Waals surface area contributed by atoms with Crippen LogP contribution in [0.15, 0.2) is 24.3 Å². The predicted molar refractivity (Wildman–Crippen MR) is 124 cm³/mol. The van der Waals surface area contributed by atoms with E-state index in [0.29, 0.717) is 23.8 Å². The first kappa shape index (κ1) is 25.1. The molecule has 1 fully saturated rings. The number of hydrogen-bond acceptors (Lipinski definition) is 5. The summed E-state index contributed by atoms with van der Waals surface area (Å²) in [6, 6.07) is 6.86. The van der Waals surface area contributed by atoms with E-state index in [9.17, 15) is 18.0 Å². The molecule has 0 saturated carbocycles. The highest BCUT2D eigenvalue weighted by Gasteiger charge is 2.22. The number of anilines is 1. The fourth-order valence-electron chi connectivity index (χ4n) is 3.94. The number of likely N-dealkylation sites (tertiary alicyclic amines) is 1. The van der Waals surface area contributed by atoms with Gasteiger partial charge in [-0.15, -0.1) is 0 Å². The quantitative estimate of drug-likeness (QED) is 0.548. The Balaban J connectivity index is 1.91. The molecule has 2 rings (SSSR count). The summed E-state index contributed by atoms with van der Waals surface area (Å²) in [4.78, 5) is 28.4. The minimum atomic E-state index is -3.65. The molecule has 174 valence electrons. The van der Waals surface area contributed by atoms with Gasteiger partial charge in [0.1, 0.15) is 6.54 Å². The molecule has 0 radical (unpaired) electrons. The molecule has 1 aromatic carbocycles. The number of carbonyl (C=O) groups excluding carboxylic acids is 2. The van der Waals surface area contributed by atoms with Crippen LogP contribution in [0.5, 0.6) is 0 Å². The van der Waals surface area contributed by atoms with Crippen molar-refractivity contribution in [3.05, 3.63) is 29.8 Å². The van der Waals surface area contributed by atoms with Crippen LogP contribution >= 0.6 is 0 Å². The van der Waals surface area contributed by atoms with E-state index >= 15 is 0 Å². The number of benzene rings is 1. The van der Waals surface area contributed by atoms with E-state index in [-0.39, 0.29) is 18.4 Å². The van der Waals surface area contributed by atoms with Crippen LogP contribution in [0.1, 0.15) is 49.4 Å². The summed E-state index contributed by atoms with van der Waals surface area (Å²) >= 11 is 0. The summed E-state index contributed by atoms with van der Waals surface area (Å²) in [6.07, 6.45) is 6.81. The van der Waals surface area contributed by atoms with Crippen LogP contribution < -0.4 is 9.62 Å². The molecule has 1 aliphatic rings. The van der Waals surface area contributed by atoms with Crippen molar-refractivity contribution in [2.75, 3.05) is 50.8 Å². The number of nitrogens with one attached hydrogen (secondary N) is 1. The van der Waals surface area contributed by atoms with Crippen LogP contribution in [0, 0.1) is 0 Å². The standard InChI is InChI=1S/C22H36N4O4S/c1-5-19-9-6-7-15-25(19)16-8-14-23-21(27)17-26(31(4,29)30)20-12-10-18(11-13-20)22(28)24(2)3/h10-13,19H,5-9,14-17H2,1-4H3,(H,23,27). The molecule has 0 bridgehead atoms. The lowest BCUT2D eigenvalue weighted by molar-refractivity contribution is -0.119. The van der Waals surface area contributed by atoms with Gasteiger partial charge in [-0.1, -0.05) is 13.3 Å².